The van der Waals surface area contributed by atoms with Gasteiger partial charge in [0.15, 0.2) is 16.7 Å². The number of nitrogens with one attached hydrogen (secondary N) is 1. The molecule has 0 unspecified atom stereocenters. The summed E-state index contributed by atoms with van der Waals surface area (Å²) in [7, 11) is 0. The molecule has 1 aliphatic rings. The highest BCUT2D eigenvalue weighted by atomic mass is 32.1. The highest BCUT2D eigenvalue weighted by molar-refractivity contribution is 7.18. The van der Waals surface area contributed by atoms with E-state index in [1.54, 1.807) is 30.5 Å². The molecule has 0 saturated heterocycles. The standard InChI is InChI=1S/C21H21N3O3S/c1-13-9-10-15(12-22-13)20(26)24-21-23-17(16-8-5-11-27-16)19(28-21)18(25)14-6-3-2-4-7-14/h5,8-12,14H,2-4,6-7H2,1H3,(H,23,24,26). The first-order valence-corrected chi connectivity index (χ1v) is 10.3. The summed E-state index contributed by atoms with van der Waals surface area (Å²) < 4.78 is 5.48. The molecule has 4 rings (SSSR count). The van der Waals surface area contributed by atoms with E-state index in [2.05, 4.69) is 15.3 Å². The lowest BCUT2D eigenvalue weighted by atomic mass is 9.85. The highest BCUT2D eigenvalue weighted by Crippen LogP contribution is 2.36. The Morgan fingerprint density at radius 1 is 1.18 bits per heavy atom. The van der Waals surface area contributed by atoms with Crippen LogP contribution in [0.15, 0.2) is 41.1 Å². The van der Waals surface area contributed by atoms with Crippen LogP contribution in [-0.2, 0) is 0 Å². The van der Waals surface area contributed by atoms with Crippen LogP contribution in [0.2, 0.25) is 0 Å². The number of pyridine rings is 1. The van der Waals surface area contributed by atoms with Gasteiger partial charge in [-0.2, -0.15) is 0 Å². The molecule has 3 heterocycles. The number of carbonyl (C=O) groups is 2. The van der Waals surface area contributed by atoms with E-state index in [9.17, 15) is 9.59 Å². The van der Waals surface area contributed by atoms with Crippen LogP contribution in [0.5, 0.6) is 0 Å². The maximum absolute atomic E-state index is 13.1. The third-order valence-corrected chi connectivity index (χ3v) is 5.96. The SMILES string of the molecule is Cc1ccc(C(=O)Nc2nc(-c3ccco3)c(C(=O)C3CCCCC3)s2)cn1. The number of hydrogen-bond donors (Lipinski definition) is 1. The summed E-state index contributed by atoms with van der Waals surface area (Å²) in [5.74, 6) is 0.352. The second kappa shape index (κ2) is 8.06. The summed E-state index contributed by atoms with van der Waals surface area (Å²) in [6.07, 6.45) is 8.24. The van der Waals surface area contributed by atoms with Crippen LogP contribution in [0.4, 0.5) is 5.13 Å². The third kappa shape index (κ3) is 3.89. The van der Waals surface area contributed by atoms with E-state index in [1.807, 2.05) is 6.92 Å². The molecule has 1 fully saturated rings. The van der Waals surface area contributed by atoms with Crippen molar-refractivity contribution < 1.29 is 14.0 Å². The first-order chi connectivity index (χ1) is 13.6. The molecule has 144 valence electrons. The van der Waals surface area contributed by atoms with E-state index < -0.39 is 0 Å². The van der Waals surface area contributed by atoms with E-state index in [0.29, 0.717) is 27.0 Å². The molecule has 6 nitrogen and oxygen atoms in total. The van der Waals surface area contributed by atoms with Gasteiger partial charge in [0.25, 0.3) is 5.91 Å². The molecule has 0 radical (unpaired) electrons. The topological polar surface area (TPSA) is 85.1 Å². The fourth-order valence-electron chi connectivity index (χ4n) is 3.44. The molecule has 0 aromatic carbocycles. The normalized spacial score (nSPS) is 14.8. The zero-order chi connectivity index (χ0) is 19.5. The summed E-state index contributed by atoms with van der Waals surface area (Å²) in [6, 6.07) is 7.04. The van der Waals surface area contributed by atoms with E-state index in [0.717, 1.165) is 31.4 Å². The van der Waals surface area contributed by atoms with Crippen molar-refractivity contribution in [2.75, 3.05) is 5.32 Å². The highest BCUT2D eigenvalue weighted by Gasteiger charge is 2.29. The van der Waals surface area contributed by atoms with Crippen molar-refractivity contribution in [3.05, 3.63) is 52.9 Å². The zero-order valence-corrected chi connectivity index (χ0v) is 16.4. The molecule has 1 aliphatic carbocycles. The fourth-order valence-corrected chi connectivity index (χ4v) is 4.43. The maximum Gasteiger partial charge on any atom is 0.259 e. The van der Waals surface area contributed by atoms with Gasteiger partial charge in [-0.15, -0.1) is 0 Å². The van der Waals surface area contributed by atoms with Gasteiger partial charge in [-0.3, -0.25) is 19.9 Å². The molecule has 1 amide bonds. The van der Waals surface area contributed by atoms with Crippen molar-refractivity contribution in [1.29, 1.82) is 0 Å². The van der Waals surface area contributed by atoms with E-state index in [1.165, 1.54) is 24.0 Å². The summed E-state index contributed by atoms with van der Waals surface area (Å²) in [4.78, 5) is 34.8. The van der Waals surface area contributed by atoms with Crippen LogP contribution in [0.25, 0.3) is 11.5 Å². The minimum atomic E-state index is -0.302. The number of amides is 1. The number of carbonyl (C=O) groups excluding carboxylic acids is 2. The van der Waals surface area contributed by atoms with Gasteiger partial charge in [0.05, 0.1) is 11.8 Å². The quantitative estimate of drug-likeness (QED) is 0.606. The molecule has 7 heteroatoms. The smallest absolute Gasteiger partial charge is 0.259 e. The largest absolute Gasteiger partial charge is 0.463 e. The maximum atomic E-state index is 13.1. The summed E-state index contributed by atoms with van der Waals surface area (Å²) in [6.45, 7) is 1.86. The molecule has 3 aromatic rings. The molecule has 1 N–H and O–H groups in total. The van der Waals surface area contributed by atoms with Crippen molar-refractivity contribution in [3.63, 3.8) is 0 Å². The van der Waals surface area contributed by atoms with Crippen LogP contribution < -0.4 is 5.32 Å². The van der Waals surface area contributed by atoms with Gasteiger partial charge in [-0.05, 0) is 44.0 Å². The fraction of sp³-hybridized carbons (Fsp3) is 0.333. The number of furan rings is 1. The predicted octanol–water partition coefficient (Wildman–Crippen LogP) is 5.12. The van der Waals surface area contributed by atoms with Gasteiger partial charge in [0.2, 0.25) is 0 Å². The van der Waals surface area contributed by atoms with Gasteiger partial charge in [0.1, 0.15) is 10.6 Å². The molecule has 3 aromatic heterocycles. The lowest BCUT2D eigenvalue weighted by Gasteiger charge is -2.19. The summed E-state index contributed by atoms with van der Waals surface area (Å²) in [5, 5.41) is 3.18. The minimum Gasteiger partial charge on any atom is -0.463 e. The van der Waals surface area contributed by atoms with E-state index in [-0.39, 0.29) is 17.6 Å². The third-order valence-electron chi connectivity index (χ3n) is 4.98. The number of thiazole rings is 1. The van der Waals surface area contributed by atoms with Crippen LogP contribution in [-0.4, -0.2) is 21.7 Å². The predicted molar refractivity (Wildman–Crippen MR) is 108 cm³/mol. The molecule has 0 aliphatic heterocycles. The van der Waals surface area contributed by atoms with Crippen molar-refractivity contribution in [1.82, 2.24) is 9.97 Å². The summed E-state index contributed by atoms with van der Waals surface area (Å²) >= 11 is 1.21. The molecule has 1 saturated carbocycles. The first kappa shape index (κ1) is 18.6. The Kier molecular flexibility index (Phi) is 5.34. The minimum absolute atomic E-state index is 0.0211. The number of aromatic nitrogens is 2. The van der Waals surface area contributed by atoms with E-state index in [4.69, 9.17) is 4.42 Å². The molecular weight excluding hydrogens is 374 g/mol. The van der Waals surface area contributed by atoms with Crippen molar-refractivity contribution in [2.24, 2.45) is 5.92 Å². The van der Waals surface area contributed by atoms with Gasteiger partial charge >= 0.3 is 0 Å². The number of hydrogen-bond acceptors (Lipinski definition) is 6. The molecular formula is C21H21N3O3S. The Morgan fingerprint density at radius 2 is 2.00 bits per heavy atom. The Balaban J connectivity index is 1.62. The molecule has 0 bridgehead atoms. The van der Waals surface area contributed by atoms with Crippen molar-refractivity contribution in [3.8, 4) is 11.5 Å². The Bertz CT molecular complexity index is 971. The molecule has 0 spiro atoms. The second-order valence-electron chi connectivity index (χ2n) is 7.02. The number of Topliss-reactive ketones (excluding diaryl/α,β-unsaturated/α-hetero) is 1. The van der Waals surface area contributed by atoms with Crippen molar-refractivity contribution in [2.45, 2.75) is 39.0 Å². The van der Waals surface area contributed by atoms with Crippen LogP contribution in [0.3, 0.4) is 0 Å². The van der Waals surface area contributed by atoms with Gasteiger partial charge in [-0.1, -0.05) is 30.6 Å². The number of ketones is 1. The van der Waals surface area contributed by atoms with Gasteiger partial charge in [-0.25, -0.2) is 4.98 Å². The van der Waals surface area contributed by atoms with Gasteiger partial charge < -0.3 is 4.42 Å². The van der Waals surface area contributed by atoms with Crippen LogP contribution >= 0.6 is 11.3 Å². The van der Waals surface area contributed by atoms with Crippen molar-refractivity contribution >= 4 is 28.2 Å². The number of aryl methyl sites for hydroxylation is 1. The molecule has 28 heavy (non-hydrogen) atoms. The average Bonchev–Trinajstić information content (AvgIpc) is 3.38. The average molecular weight is 395 g/mol. The number of rotatable bonds is 5. The first-order valence-electron chi connectivity index (χ1n) is 9.45. The Hall–Kier alpha value is -2.80. The number of anilines is 1. The second-order valence-corrected chi connectivity index (χ2v) is 8.01. The van der Waals surface area contributed by atoms with Crippen LogP contribution in [0.1, 0.15) is 57.8 Å². The lowest BCUT2D eigenvalue weighted by Crippen LogP contribution is -2.17. The van der Waals surface area contributed by atoms with Crippen LogP contribution in [0, 0.1) is 12.8 Å². The lowest BCUT2D eigenvalue weighted by molar-refractivity contribution is 0.0893. The molecule has 0 atom stereocenters. The Morgan fingerprint density at radius 3 is 2.68 bits per heavy atom. The zero-order valence-electron chi connectivity index (χ0n) is 15.6. The summed E-state index contributed by atoms with van der Waals surface area (Å²) in [5.41, 5.74) is 1.79. The monoisotopic (exact) mass is 395 g/mol. The van der Waals surface area contributed by atoms with Gasteiger partial charge in [0, 0.05) is 17.8 Å². The van der Waals surface area contributed by atoms with E-state index >= 15 is 0 Å². The number of nitrogens with zero attached hydrogens (tertiary/aromatic N) is 2. The Labute approximate surface area is 167 Å².